The van der Waals surface area contributed by atoms with Crippen LogP contribution in [-0.2, 0) is 9.53 Å². The van der Waals surface area contributed by atoms with Crippen molar-refractivity contribution in [2.45, 2.75) is 13.0 Å². The van der Waals surface area contributed by atoms with Crippen molar-refractivity contribution in [3.05, 3.63) is 65.5 Å². The summed E-state index contributed by atoms with van der Waals surface area (Å²) in [6.07, 6.45) is -0.955. The van der Waals surface area contributed by atoms with Crippen molar-refractivity contribution in [3.63, 3.8) is 0 Å². The van der Waals surface area contributed by atoms with E-state index in [1.807, 2.05) is 35.7 Å². The summed E-state index contributed by atoms with van der Waals surface area (Å²) in [6.45, 7) is 1.51. The number of nitrogens with one attached hydrogen (secondary N) is 1. The first-order valence-electron chi connectivity index (χ1n) is 7.91. The lowest BCUT2D eigenvalue weighted by Crippen LogP contribution is -2.29. The Balaban J connectivity index is 1.60. The number of carbonyl (C=O) groups excluding carboxylic acids is 2. The first kappa shape index (κ1) is 17.6. The van der Waals surface area contributed by atoms with Crippen LogP contribution < -0.4 is 11.1 Å². The SMILES string of the molecule is C[C@@H](OC(=O)c1ccc(N)cc1)C(=O)Nc1nc(-c2ccccc2)cs1. The second-order valence-electron chi connectivity index (χ2n) is 5.56. The van der Waals surface area contributed by atoms with Gasteiger partial charge < -0.3 is 10.5 Å². The maximum absolute atomic E-state index is 12.2. The summed E-state index contributed by atoms with van der Waals surface area (Å²) in [4.78, 5) is 28.7. The number of aromatic nitrogens is 1. The molecule has 0 unspecified atom stereocenters. The molecule has 26 heavy (non-hydrogen) atoms. The highest BCUT2D eigenvalue weighted by atomic mass is 32.1. The summed E-state index contributed by atoms with van der Waals surface area (Å²) in [5.41, 5.74) is 8.20. The first-order valence-corrected chi connectivity index (χ1v) is 8.79. The molecular formula is C19H17N3O3S. The molecule has 0 saturated carbocycles. The van der Waals surface area contributed by atoms with Crippen LogP contribution in [0.4, 0.5) is 10.8 Å². The van der Waals surface area contributed by atoms with E-state index in [0.29, 0.717) is 16.4 Å². The molecule has 2 aromatic carbocycles. The van der Waals surface area contributed by atoms with E-state index in [-0.39, 0.29) is 0 Å². The summed E-state index contributed by atoms with van der Waals surface area (Å²) in [5, 5.41) is 4.97. The van der Waals surface area contributed by atoms with E-state index in [0.717, 1.165) is 11.3 Å². The number of thiazole rings is 1. The zero-order valence-electron chi connectivity index (χ0n) is 14.0. The number of benzene rings is 2. The van der Waals surface area contributed by atoms with Crippen LogP contribution in [0.25, 0.3) is 11.3 Å². The third-order valence-electron chi connectivity index (χ3n) is 3.60. The molecule has 0 bridgehead atoms. The predicted octanol–water partition coefficient (Wildman–Crippen LogP) is 3.58. The molecule has 0 aliphatic carbocycles. The zero-order chi connectivity index (χ0) is 18.5. The van der Waals surface area contributed by atoms with E-state index in [1.54, 1.807) is 24.3 Å². The molecule has 0 fully saturated rings. The van der Waals surface area contributed by atoms with Crippen molar-refractivity contribution in [2.75, 3.05) is 11.1 Å². The molecule has 1 atom stereocenters. The van der Waals surface area contributed by atoms with Gasteiger partial charge in [-0.05, 0) is 31.2 Å². The highest BCUT2D eigenvalue weighted by molar-refractivity contribution is 7.14. The Kier molecular flexibility index (Phi) is 5.28. The molecule has 1 aromatic heterocycles. The molecule has 0 saturated heterocycles. The van der Waals surface area contributed by atoms with Crippen LogP contribution in [-0.4, -0.2) is 23.0 Å². The van der Waals surface area contributed by atoms with Crippen LogP contribution >= 0.6 is 11.3 Å². The Hall–Kier alpha value is -3.19. The number of nitrogen functional groups attached to an aromatic ring is 1. The number of nitrogens with zero attached hydrogens (tertiary/aromatic N) is 1. The van der Waals surface area contributed by atoms with Gasteiger partial charge in [0.2, 0.25) is 0 Å². The monoisotopic (exact) mass is 367 g/mol. The number of amides is 1. The van der Waals surface area contributed by atoms with Crippen LogP contribution in [0.5, 0.6) is 0 Å². The molecular weight excluding hydrogens is 350 g/mol. The minimum atomic E-state index is -0.955. The molecule has 0 aliphatic rings. The molecule has 6 nitrogen and oxygen atoms in total. The number of ether oxygens (including phenoxy) is 1. The van der Waals surface area contributed by atoms with E-state index in [4.69, 9.17) is 10.5 Å². The molecule has 3 N–H and O–H groups in total. The van der Waals surface area contributed by atoms with E-state index in [1.165, 1.54) is 18.3 Å². The lowest BCUT2D eigenvalue weighted by atomic mass is 10.2. The lowest BCUT2D eigenvalue weighted by molar-refractivity contribution is -0.123. The Morgan fingerprint density at radius 1 is 1.12 bits per heavy atom. The topological polar surface area (TPSA) is 94.3 Å². The standard InChI is InChI=1S/C19H17N3O3S/c1-12(25-18(24)14-7-9-15(20)10-8-14)17(23)22-19-21-16(11-26-19)13-5-3-2-4-6-13/h2-12H,20H2,1H3,(H,21,22,23)/t12-/m1/s1. The Bertz CT molecular complexity index is 907. The summed E-state index contributed by atoms with van der Waals surface area (Å²) < 4.78 is 5.19. The van der Waals surface area contributed by atoms with Gasteiger partial charge in [0, 0.05) is 16.6 Å². The predicted molar refractivity (Wildman–Crippen MR) is 102 cm³/mol. The average molecular weight is 367 g/mol. The fourth-order valence-corrected chi connectivity index (χ4v) is 2.90. The van der Waals surface area contributed by atoms with Gasteiger partial charge in [0.05, 0.1) is 11.3 Å². The second kappa shape index (κ2) is 7.79. The molecule has 0 aliphatic heterocycles. The number of esters is 1. The molecule has 0 radical (unpaired) electrons. The van der Waals surface area contributed by atoms with Crippen LogP contribution in [0.3, 0.4) is 0 Å². The van der Waals surface area contributed by atoms with Gasteiger partial charge in [-0.2, -0.15) is 0 Å². The highest BCUT2D eigenvalue weighted by Crippen LogP contribution is 2.24. The number of hydrogen-bond donors (Lipinski definition) is 2. The second-order valence-corrected chi connectivity index (χ2v) is 6.42. The Labute approximate surface area is 154 Å². The van der Waals surface area contributed by atoms with Gasteiger partial charge in [0.1, 0.15) is 0 Å². The Morgan fingerprint density at radius 2 is 1.81 bits per heavy atom. The third-order valence-corrected chi connectivity index (χ3v) is 4.36. The summed E-state index contributed by atoms with van der Waals surface area (Å²) in [6, 6.07) is 16.0. The number of rotatable bonds is 5. The molecule has 7 heteroatoms. The number of anilines is 2. The summed E-state index contributed by atoms with van der Waals surface area (Å²) in [7, 11) is 0. The van der Waals surface area contributed by atoms with Crippen LogP contribution in [0, 0.1) is 0 Å². The molecule has 132 valence electrons. The van der Waals surface area contributed by atoms with Gasteiger partial charge in [0.25, 0.3) is 5.91 Å². The van der Waals surface area contributed by atoms with Crippen molar-refractivity contribution in [1.29, 1.82) is 0 Å². The highest BCUT2D eigenvalue weighted by Gasteiger charge is 2.20. The smallest absolute Gasteiger partial charge is 0.338 e. The fourth-order valence-electron chi connectivity index (χ4n) is 2.18. The van der Waals surface area contributed by atoms with E-state index in [2.05, 4.69) is 10.3 Å². The number of hydrogen-bond acceptors (Lipinski definition) is 6. The normalized spacial score (nSPS) is 11.6. The molecule has 3 aromatic rings. The minimum absolute atomic E-state index is 0.333. The van der Waals surface area contributed by atoms with Crippen molar-refractivity contribution in [3.8, 4) is 11.3 Å². The fraction of sp³-hybridized carbons (Fsp3) is 0.105. The van der Waals surface area contributed by atoms with E-state index in [9.17, 15) is 9.59 Å². The Morgan fingerprint density at radius 3 is 2.50 bits per heavy atom. The van der Waals surface area contributed by atoms with Gasteiger partial charge in [-0.25, -0.2) is 9.78 Å². The van der Waals surface area contributed by atoms with Gasteiger partial charge in [-0.1, -0.05) is 30.3 Å². The van der Waals surface area contributed by atoms with Crippen LogP contribution in [0.15, 0.2) is 60.0 Å². The largest absolute Gasteiger partial charge is 0.449 e. The number of nitrogens with two attached hydrogens (primary N) is 1. The summed E-state index contributed by atoms with van der Waals surface area (Å²) in [5.74, 6) is -1.03. The first-order chi connectivity index (χ1) is 12.5. The quantitative estimate of drug-likeness (QED) is 0.531. The van der Waals surface area contributed by atoms with Gasteiger partial charge >= 0.3 is 5.97 Å². The lowest BCUT2D eigenvalue weighted by Gasteiger charge is -2.12. The maximum Gasteiger partial charge on any atom is 0.338 e. The van der Waals surface area contributed by atoms with Gasteiger partial charge in [-0.3, -0.25) is 10.1 Å². The summed E-state index contributed by atoms with van der Waals surface area (Å²) >= 11 is 1.31. The molecule has 1 heterocycles. The van der Waals surface area contributed by atoms with E-state index < -0.39 is 18.0 Å². The van der Waals surface area contributed by atoms with Crippen LogP contribution in [0.1, 0.15) is 17.3 Å². The van der Waals surface area contributed by atoms with Crippen molar-refractivity contribution < 1.29 is 14.3 Å². The van der Waals surface area contributed by atoms with Gasteiger partial charge in [-0.15, -0.1) is 11.3 Å². The zero-order valence-corrected chi connectivity index (χ0v) is 14.8. The van der Waals surface area contributed by atoms with Crippen molar-refractivity contribution in [2.24, 2.45) is 0 Å². The molecule has 3 rings (SSSR count). The maximum atomic E-state index is 12.2. The van der Waals surface area contributed by atoms with Gasteiger partial charge in [0.15, 0.2) is 11.2 Å². The minimum Gasteiger partial charge on any atom is -0.449 e. The molecule has 1 amide bonds. The average Bonchev–Trinajstić information content (AvgIpc) is 3.11. The van der Waals surface area contributed by atoms with Crippen molar-refractivity contribution >= 4 is 34.0 Å². The number of carbonyl (C=O) groups is 2. The van der Waals surface area contributed by atoms with Crippen LogP contribution in [0.2, 0.25) is 0 Å². The third kappa shape index (κ3) is 4.25. The van der Waals surface area contributed by atoms with E-state index >= 15 is 0 Å². The van der Waals surface area contributed by atoms with Crippen molar-refractivity contribution in [1.82, 2.24) is 4.98 Å². The molecule has 0 spiro atoms.